The summed E-state index contributed by atoms with van der Waals surface area (Å²) in [6, 6.07) is 20.6. The van der Waals surface area contributed by atoms with E-state index < -0.39 is 0 Å². The molecule has 0 amide bonds. The molecule has 3 aromatic rings. The van der Waals surface area contributed by atoms with Crippen molar-refractivity contribution in [1.29, 1.82) is 0 Å². The van der Waals surface area contributed by atoms with Crippen LogP contribution in [0.2, 0.25) is 0 Å². The Morgan fingerprint density at radius 2 is 1.81 bits per heavy atom. The van der Waals surface area contributed by atoms with Gasteiger partial charge in [-0.3, -0.25) is 0 Å². The van der Waals surface area contributed by atoms with Gasteiger partial charge in [0.2, 0.25) is 5.95 Å². The molecule has 0 radical (unpaired) electrons. The van der Waals surface area contributed by atoms with Crippen LogP contribution in [0.4, 0.5) is 5.95 Å². The van der Waals surface area contributed by atoms with Gasteiger partial charge >= 0.3 is 0 Å². The first-order valence-corrected chi connectivity index (χ1v) is 11.0. The fourth-order valence-electron chi connectivity index (χ4n) is 3.80. The number of rotatable bonds is 8. The molecule has 2 aromatic carbocycles. The lowest BCUT2D eigenvalue weighted by molar-refractivity contribution is 0.195. The van der Waals surface area contributed by atoms with E-state index in [1.54, 1.807) is 0 Å². The molecule has 1 saturated heterocycles. The molecule has 0 aliphatic carbocycles. The van der Waals surface area contributed by atoms with Crippen molar-refractivity contribution in [3.8, 4) is 17.0 Å². The summed E-state index contributed by atoms with van der Waals surface area (Å²) in [5.74, 6) is 1.65. The predicted molar refractivity (Wildman–Crippen MR) is 126 cm³/mol. The van der Waals surface area contributed by atoms with Gasteiger partial charge in [-0.2, -0.15) is 0 Å². The number of aromatic nitrogens is 2. The quantitative estimate of drug-likeness (QED) is 0.604. The Labute approximate surface area is 184 Å². The van der Waals surface area contributed by atoms with E-state index in [1.165, 1.54) is 5.56 Å². The molecule has 1 atom stereocenters. The Kier molecular flexibility index (Phi) is 7.12. The first kappa shape index (κ1) is 21.3. The van der Waals surface area contributed by atoms with Crippen LogP contribution < -0.4 is 15.0 Å². The van der Waals surface area contributed by atoms with E-state index in [-0.39, 0.29) is 6.10 Å². The lowest BCUT2D eigenvalue weighted by Gasteiger charge is -2.32. The molecule has 0 saturated carbocycles. The summed E-state index contributed by atoms with van der Waals surface area (Å²) in [4.78, 5) is 14.0. The fourth-order valence-corrected chi connectivity index (χ4v) is 3.80. The molecular weight excluding hydrogens is 386 g/mol. The summed E-state index contributed by atoms with van der Waals surface area (Å²) in [7, 11) is 4.12. The van der Waals surface area contributed by atoms with Gasteiger partial charge in [-0.25, -0.2) is 9.97 Å². The van der Waals surface area contributed by atoms with Crippen LogP contribution in [0.15, 0.2) is 66.9 Å². The van der Waals surface area contributed by atoms with E-state index in [0.717, 1.165) is 62.1 Å². The van der Waals surface area contributed by atoms with Crippen molar-refractivity contribution in [1.82, 2.24) is 20.2 Å². The van der Waals surface area contributed by atoms with Gasteiger partial charge < -0.3 is 19.9 Å². The maximum Gasteiger partial charge on any atom is 0.225 e. The largest absolute Gasteiger partial charge is 0.486 e. The van der Waals surface area contributed by atoms with Crippen molar-refractivity contribution in [2.24, 2.45) is 0 Å². The van der Waals surface area contributed by atoms with Crippen molar-refractivity contribution in [3.63, 3.8) is 0 Å². The van der Waals surface area contributed by atoms with Crippen molar-refractivity contribution >= 4 is 5.95 Å². The van der Waals surface area contributed by atoms with Crippen molar-refractivity contribution in [2.75, 3.05) is 51.7 Å². The first-order chi connectivity index (χ1) is 15.2. The van der Waals surface area contributed by atoms with Gasteiger partial charge in [-0.15, -0.1) is 0 Å². The smallest absolute Gasteiger partial charge is 0.225 e. The van der Waals surface area contributed by atoms with Gasteiger partial charge in [0.15, 0.2) is 0 Å². The van der Waals surface area contributed by atoms with Crippen LogP contribution in [-0.4, -0.2) is 61.7 Å². The zero-order valence-corrected chi connectivity index (χ0v) is 18.4. The molecule has 1 aromatic heterocycles. The molecule has 162 valence electrons. The van der Waals surface area contributed by atoms with Crippen LogP contribution in [0.1, 0.15) is 18.1 Å². The Morgan fingerprint density at radius 1 is 1.00 bits per heavy atom. The van der Waals surface area contributed by atoms with E-state index in [0.29, 0.717) is 0 Å². The van der Waals surface area contributed by atoms with Crippen LogP contribution in [0.5, 0.6) is 5.75 Å². The highest BCUT2D eigenvalue weighted by atomic mass is 16.5. The molecule has 1 fully saturated rings. The highest BCUT2D eigenvalue weighted by Gasteiger charge is 2.17. The van der Waals surface area contributed by atoms with E-state index >= 15 is 0 Å². The molecule has 0 spiro atoms. The third kappa shape index (κ3) is 5.60. The molecule has 2 heterocycles. The standard InChI is InChI=1S/C25H31N5O/c1-26-13-12-24(20-7-4-3-5-8-20)31-22-10-6-9-21(19-22)23-11-14-27-25(28-23)30-17-15-29(2)16-18-30/h3-11,14,19,24,26H,12-13,15-18H2,1-2H3/t24-/m0/s1. The first-order valence-electron chi connectivity index (χ1n) is 11.0. The number of anilines is 1. The van der Waals surface area contributed by atoms with Crippen LogP contribution in [0.3, 0.4) is 0 Å². The van der Waals surface area contributed by atoms with Crippen LogP contribution in [-0.2, 0) is 0 Å². The zero-order valence-electron chi connectivity index (χ0n) is 18.4. The summed E-state index contributed by atoms with van der Waals surface area (Å²) in [6.45, 7) is 4.86. The Bertz CT molecular complexity index is 957. The lowest BCUT2D eigenvalue weighted by atomic mass is 10.1. The number of ether oxygens (including phenoxy) is 1. The number of likely N-dealkylation sites (N-methyl/N-ethyl adjacent to an activating group) is 1. The zero-order chi connectivity index (χ0) is 21.5. The highest BCUT2D eigenvalue weighted by Crippen LogP contribution is 2.28. The Morgan fingerprint density at radius 3 is 2.58 bits per heavy atom. The average Bonchev–Trinajstić information content (AvgIpc) is 2.83. The molecule has 1 aliphatic rings. The summed E-state index contributed by atoms with van der Waals surface area (Å²) in [5, 5.41) is 3.23. The molecule has 4 rings (SSSR count). The molecular formula is C25H31N5O. The number of nitrogens with one attached hydrogen (secondary N) is 1. The molecule has 6 heteroatoms. The van der Waals surface area contributed by atoms with E-state index in [1.807, 2.05) is 37.5 Å². The monoisotopic (exact) mass is 417 g/mol. The average molecular weight is 418 g/mol. The number of benzene rings is 2. The molecule has 1 N–H and O–H groups in total. The van der Waals surface area contributed by atoms with Crippen LogP contribution in [0, 0.1) is 0 Å². The topological polar surface area (TPSA) is 53.5 Å². The van der Waals surface area contributed by atoms with E-state index in [2.05, 4.69) is 63.5 Å². The summed E-state index contributed by atoms with van der Waals surface area (Å²) >= 11 is 0. The number of hydrogen-bond donors (Lipinski definition) is 1. The van der Waals surface area contributed by atoms with Crippen molar-refractivity contribution in [2.45, 2.75) is 12.5 Å². The minimum absolute atomic E-state index is 0.00444. The number of piperazine rings is 1. The number of nitrogens with zero attached hydrogens (tertiary/aromatic N) is 4. The van der Waals surface area contributed by atoms with Crippen molar-refractivity contribution in [3.05, 3.63) is 72.4 Å². The number of hydrogen-bond acceptors (Lipinski definition) is 6. The second kappa shape index (κ2) is 10.4. The van der Waals surface area contributed by atoms with Crippen LogP contribution in [0.25, 0.3) is 11.3 Å². The summed E-state index contributed by atoms with van der Waals surface area (Å²) < 4.78 is 6.42. The molecule has 0 bridgehead atoms. The third-order valence-corrected chi connectivity index (χ3v) is 5.67. The van der Waals surface area contributed by atoms with E-state index in [4.69, 9.17) is 9.72 Å². The minimum Gasteiger partial charge on any atom is -0.486 e. The minimum atomic E-state index is -0.00444. The van der Waals surface area contributed by atoms with Gasteiger partial charge in [0, 0.05) is 44.4 Å². The molecule has 1 aliphatic heterocycles. The SMILES string of the molecule is CNCC[C@H](Oc1cccc(-c2ccnc(N3CCN(C)CC3)n2)c1)c1ccccc1. The Hall–Kier alpha value is -2.96. The summed E-state index contributed by atoms with van der Waals surface area (Å²) in [5.41, 5.74) is 3.14. The maximum atomic E-state index is 6.42. The summed E-state index contributed by atoms with van der Waals surface area (Å²) in [6.07, 6.45) is 2.74. The van der Waals surface area contributed by atoms with Gasteiger partial charge in [-0.05, 0) is 44.4 Å². The second-order valence-corrected chi connectivity index (χ2v) is 7.97. The van der Waals surface area contributed by atoms with Gasteiger partial charge in [0.25, 0.3) is 0 Å². The second-order valence-electron chi connectivity index (χ2n) is 7.97. The van der Waals surface area contributed by atoms with Crippen LogP contribution >= 0.6 is 0 Å². The maximum absolute atomic E-state index is 6.42. The normalized spacial score (nSPS) is 15.6. The molecule has 0 unspecified atom stereocenters. The lowest BCUT2D eigenvalue weighted by Crippen LogP contribution is -2.45. The van der Waals surface area contributed by atoms with Gasteiger partial charge in [0.1, 0.15) is 11.9 Å². The molecule has 6 nitrogen and oxygen atoms in total. The fraction of sp³-hybridized carbons (Fsp3) is 0.360. The van der Waals surface area contributed by atoms with E-state index in [9.17, 15) is 0 Å². The molecule has 31 heavy (non-hydrogen) atoms. The van der Waals surface area contributed by atoms with Gasteiger partial charge in [0.05, 0.1) is 5.69 Å². The predicted octanol–water partition coefficient (Wildman–Crippen LogP) is 3.63. The third-order valence-electron chi connectivity index (χ3n) is 5.67. The van der Waals surface area contributed by atoms with Gasteiger partial charge in [-0.1, -0.05) is 42.5 Å². The highest BCUT2D eigenvalue weighted by molar-refractivity contribution is 5.62. The van der Waals surface area contributed by atoms with Crippen molar-refractivity contribution < 1.29 is 4.74 Å². The Balaban J connectivity index is 1.53.